The molecule has 16 heavy (non-hydrogen) atoms. The van der Waals surface area contributed by atoms with Gasteiger partial charge in [-0.25, -0.2) is 0 Å². The molecule has 2 N–H and O–H groups in total. The normalized spacial score (nSPS) is 21.4. The number of rotatable bonds is 8. The van der Waals surface area contributed by atoms with Crippen LogP contribution in [0.4, 0.5) is 0 Å². The number of thioether (sulfide) groups is 1. The number of carbonyl (C=O) groups is 1. The molecule has 0 spiro atoms. The van der Waals surface area contributed by atoms with Gasteiger partial charge in [0, 0.05) is 11.3 Å². The lowest BCUT2D eigenvalue weighted by Crippen LogP contribution is -2.52. The molecule has 0 aromatic carbocycles. The van der Waals surface area contributed by atoms with Crippen LogP contribution in [0.1, 0.15) is 46.5 Å². The standard InChI is InChI=1S/C12H23NO2S/c1-4-7-16-9(2)8-12(3,11(14)15)13-10-5-6-10/h9-10,13H,4-8H2,1-3H3,(H,14,15). The Kier molecular flexibility index (Phi) is 5.12. The van der Waals surface area contributed by atoms with Gasteiger partial charge in [0.05, 0.1) is 0 Å². The summed E-state index contributed by atoms with van der Waals surface area (Å²) in [5.41, 5.74) is -0.749. The van der Waals surface area contributed by atoms with Gasteiger partial charge in [0.25, 0.3) is 0 Å². The average Bonchev–Trinajstić information content (AvgIpc) is 2.98. The van der Waals surface area contributed by atoms with Crippen molar-refractivity contribution in [3.05, 3.63) is 0 Å². The zero-order valence-corrected chi connectivity index (χ0v) is 11.3. The molecule has 0 bridgehead atoms. The van der Waals surface area contributed by atoms with E-state index in [-0.39, 0.29) is 0 Å². The summed E-state index contributed by atoms with van der Waals surface area (Å²) in [5.74, 6) is 0.392. The number of carboxylic acids is 1. The van der Waals surface area contributed by atoms with E-state index >= 15 is 0 Å². The highest BCUT2D eigenvalue weighted by atomic mass is 32.2. The SMILES string of the molecule is CCCSC(C)CC(C)(NC1CC1)C(=O)O. The molecule has 3 nitrogen and oxygen atoms in total. The quantitative estimate of drug-likeness (QED) is 0.690. The summed E-state index contributed by atoms with van der Waals surface area (Å²) in [6.07, 6.45) is 4.09. The molecule has 2 atom stereocenters. The van der Waals surface area contributed by atoms with Crippen molar-refractivity contribution in [2.75, 3.05) is 5.75 Å². The number of nitrogens with one attached hydrogen (secondary N) is 1. The first-order valence-corrected chi connectivity index (χ1v) is 7.15. The van der Waals surface area contributed by atoms with Crippen LogP contribution >= 0.6 is 11.8 Å². The van der Waals surface area contributed by atoms with Crippen LogP contribution < -0.4 is 5.32 Å². The molecule has 0 heterocycles. The Hall–Kier alpha value is -0.220. The second kappa shape index (κ2) is 5.92. The number of hydrogen-bond donors (Lipinski definition) is 2. The molecule has 0 radical (unpaired) electrons. The first-order valence-electron chi connectivity index (χ1n) is 6.10. The Morgan fingerprint density at radius 3 is 2.69 bits per heavy atom. The van der Waals surface area contributed by atoms with Gasteiger partial charge in [0.1, 0.15) is 5.54 Å². The monoisotopic (exact) mass is 245 g/mol. The maximum absolute atomic E-state index is 11.3. The van der Waals surface area contributed by atoms with Gasteiger partial charge < -0.3 is 5.11 Å². The van der Waals surface area contributed by atoms with Crippen LogP contribution in [0, 0.1) is 0 Å². The van der Waals surface area contributed by atoms with Gasteiger partial charge >= 0.3 is 5.97 Å². The van der Waals surface area contributed by atoms with Gasteiger partial charge in [0.15, 0.2) is 0 Å². The Labute approximate surface area is 102 Å². The average molecular weight is 245 g/mol. The molecule has 0 aliphatic heterocycles. The highest BCUT2D eigenvalue weighted by molar-refractivity contribution is 7.99. The van der Waals surface area contributed by atoms with Crippen molar-refractivity contribution in [1.82, 2.24) is 5.32 Å². The van der Waals surface area contributed by atoms with Crippen molar-refractivity contribution in [3.8, 4) is 0 Å². The molecular formula is C12H23NO2S. The van der Waals surface area contributed by atoms with E-state index in [2.05, 4.69) is 19.2 Å². The second-order valence-corrected chi connectivity index (χ2v) is 6.49. The van der Waals surface area contributed by atoms with Crippen LogP contribution in [-0.4, -0.2) is 33.7 Å². The summed E-state index contributed by atoms with van der Waals surface area (Å²) in [7, 11) is 0. The smallest absolute Gasteiger partial charge is 0.323 e. The molecule has 1 aliphatic carbocycles. The van der Waals surface area contributed by atoms with Crippen LogP contribution in [0.15, 0.2) is 0 Å². The van der Waals surface area contributed by atoms with Crippen molar-refractivity contribution in [3.63, 3.8) is 0 Å². The zero-order valence-electron chi connectivity index (χ0n) is 10.5. The third kappa shape index (κ3) is 4.34. The van der Waals surface area contributed by atoms with E-state index in [1.807, 2.05) is 18.7 Å². The number of aliphatic carboxylic acids is 1. The molecule has 0 aromatic heterocycles. The Morgan fingerprint density at radius 2 is 2.25 bits per heavy atom. The fourth-order valence-electron chi connectivity index (χ4n) is 1.84. The minimum atomic E-state index is -0.749. The number of hydrogen-bond acceptors (Lipinski definition) is 3. The number of carboxylic acid groups (broad SMARTS) is 1. The van der Waals surface area contributed by atoms with E-state index in [0.29, 0.717) is 17.7 Å². The molecule has 1 fully saturated rings. The van der Waals surface area contributed by atoms with E-state index in [9.17, 15) is 9.90 Å². The Morgan fingerprint density at radius 1 is 1.62 bits per heavy atom. The summed E-state index contributed by atoms with van der Waals surface area (Å²) >= 11 is 1.86. The van der Waals surface area contributed by atoms with Crippen LogP contribution in [0.25, 0.3) is 0 Å². The van der Waals surface area contributed by atoms with Crippen molar-refractivity contribution in [1.29, 1.82) is 0 Å². The van der Waals surface area contributed by atoms with Crippen LogP contribution in [-0.2, 0) is 4.79 Å². The fraction of sp³-hybridized carbons (Fsp3) is 0.917. The maximum Gasteiger partial charge on any atom is 0.323 e. The molecule has 2 unspecified atom stereocenters. The van der Waals surface area contributed by atoms with E-state index in [1.165, 1.54) is 0 Å². The topological polar surface area (TPSA) is 49.3 Å². The molecule has 94 valence electrons. The summed E-state index contributed by atoms with van der Waals surface area (Å²) < 4.78 is 0. The van der Waals surface area contributed by atoms with Gasteiger partial charge in [-0.15, -0.1) is 0 Å². The Balaban J connectivity index is 2.45. The largest absolute Gasteiger partial charge is 0.480 e. The minimum absolute atomic E-state index is 0.396. The molecule has 0 amide bonds. The van der Waals surface area contributed by atoms with E-state index in [4.69, 9.17) is 0 Å². The summed E-state index contributed by atoms with van der Waals surface area (Å²) in [5, 5.41) is 13.0. The van der Waals surface area contributed by atoms with Gasteiger partial charge in [-0.3, -0.25) is 10.1 Å². The third-order valence-corrected chi connectivity index (χ3v) is 4.25. The van der Waals surface area contributed by atoms with Gasteiger partial charge in [0.2, 0.25) is 0 Å². The minimum Gasteiger partial charge on any atom is -0.480 e. The predicted octanol–water partition coefficient (Wildman–Crippen LogP) is 2.50. The molecule has 4 heteroatoms. The van der Waals surface area contributed by atoms with E-state index in [1.54, 1.807) is 0 Å². The van der Waals surface area contributed by atoms with Crippen molar-refractivity contribution < 1.29 is 9.90 Å². The molecule has 1 rings (SSSR count). The molecule has 1 aliphatic rings. The molecule has 0 aromatic rings. The zero-order chi connectivity index (χ0) is 12.2. The highest BCUT2D eigenvalue weighted by Crippen LogP contribution is 2.28. The van der Waals surface area contributed by atoms with Crippen LogP contribution in [0.5, 0.6) is 0 Å². The van der Waals surface area contributed by atoms with Crippen LogP contribution in [0.3, 0.4) is 0 Å². The fourth-order valence-corrected chi connectivity index (χ4v) is 2.93. The lowest BCUT2D eigenvalue weighted by atomic mass is 9.96. The first kappa shape index (κ1) is 13.8. The van der Waals surface area contributed by atoms with Gasteiger partial charge in [-0.1, -0.05) is 13.8 Å². The molecular weight excluding hydrogens is 222 g/mol. The summed E-state index contributed by atoms with van der Waals surface area (Å²) in [4.78, 5) is 11.3. The van der Waals surface area contributed by atoms with E-state index in [0.717, 1.165) is 25.0 Å². The molecule has 1 saturated carbocycles. The summed E-state index contributed by atoms with van der Waals surface area (Å²) in [6.45, 7) is 6.09. The van der Waals surface area contributed by atoms with Gasteiger partial charge in [-0.2, -0.15) is 11.8 Å². The lowest BCUT2D eigenvalue weighted by molar-refractivity contribution is -0.144. The predicted molar refractivity (Wildman–Crippen MR) is 69.0 cm³/mol. The maximum atomic E-state index is 11.3. The van der Waals surface area contributed by atoms with Crippen LogP contribution in [0.2, 0.25) is 0 Å². The van der Waals surface area contributed by atoms with Crippen molar-refractivity contribution >= 4 is 17.7 Å². The molecule has 0 saturated heterocycles. The first-order chi connectivity index (χ1) is 7.48. The third-order valence-electron chi connectivity index (χ3n) is 2.87. The highest BCUT2D eigenvalue weighted by Gasteiger charge is 2.39. The van der Waals surface area contributed by atoms with Crippen molar-refractivity contribution in [2.24, 2.45) is 0 Å². The summed E-state index contributed by atoms with van der Waals surface area (Å²) in [6, 6.07) is 0.435. The Bertz CT molecular complexity index is 243. The second-order valence-electron chi connectivity index (χ2n) is 4.94. The van der Waals surface area contributed by atoms with Crippen molar-refractivity contribution in [2.45, 2.75) is 63.3 Å². The van der Waals surface area contributed by atoms with E-state index < -0.39 is 11.5 Å². The lowest BCUT2D eigenvalue weighted by Gasteiger charge is -2.29. The van der Waals surface area contributed by atoms with Gasteiger partial charge in [-0.05, 0) is 38.4 Å².